The number of likely N-dealkylation sites (tertiary alicyclic amines) is 1. The first-order valence-electron chi connectivity index (χ1n) is 9.18. The van der Waals surface area contributed by atoms with Crippen LogP contribution < -0.4 is 21.1 Å². The minimum absolute atomic E-state index is 0.0964. The third-order valence-electron chi connectivity index (χ3n) is 4.87. The zero-order valence-electron chi connectivity index (χ0n) is 15.5. The van der Waals surface area contributed by atoms with Crippen molar-refractivity contribution < 1.29 is 4.79 Å². The number of benzene rings is 1. The third kappa shape index (κ3) is 4.91. The number of amides is 1. The van der Waals surface area contributed by atoms with Gasteiger partial charge < -0.3 is 15.5 Å². The van der Waals surface area contributed by atoms with Gasteiger partial charge in [-0.15, -0.1) is 9.24 Å². The van der Waals surface area contributed by atoms with Crippen molar-refractivity contribution in [3.8, 4) is 0 Å². The number of hydrogen-bond acceptors (Lipinski definition) is 4. The second-order valence-electron chi connectivity index (χ2n) is 6.79. The minimum atomic E-state index is -0.0964. The number of carbonyl (C=O) groups excluding carboxylic acids is 1. The summed E-state index contributed by atoms with van der Waals surface area (Å²) >= 11 is 0. The molecule has 1 aliphatic heterocycles. The van der Waals surface area contributed by atoms with E-state index in [1.54, 1.807) is 0 Å². The highest BCUT2D eigenvalue weighted by molar-refractivity contribution is 7.27. The van der Waals surface area contributed by atoms with Crippen molar-refractivity contribution in [1.29, 1.82) is 0 Å². The standard InChI is InChI=1S/C19H27N4OPSi/c1-2-23-10-8-13(9-11-23)20-17-4-3-5-18(21-17)22-19(24)15-7-6-14(25)12-16(15)26/h3-7,12-13H,2,8-11,25H2,1,26H3,(H2,20,21,22,24). The number of piperidine rings is 1. The minimum Gasteiger partial charge on any atom is -0.367 e. The summed E-state index contributed by atoms with van der Waals surface area (Å²) in [5.74, 6) is 1.31. The highest BCUT2D eigenvalue weighted by Gasteiger charge is 2.18. The molecule has 0 spiro atoms. The summed E-state index contributed by atoms with van der Waals surface area (Å²) in [5, 5.41) is 8.63. The first-order valence-corrected chi connectivity index (χ1v) is 10.8. The molecule has 0 bridgehead atoms. The molecule has 0 aliphatic carbocycles. The summed E-state index contributed by atoms with van der Waals surface area (Å²) in [6.07, 6.45) is 2.24. The first-order chi connectivity index (χ1) is 12.5. The number of aromatic nitrogens is 1. The Labute approximate surface area is 160 Å². The lowest BCUT2D eigenvalue weighted by atomic mass is 10.1. The Bertz CT molecular complexity index is 778. The molecule has 1 atom stereocenters. The average Bonchev–Trinajstić information content (AvgIpc) is 2.62. The van der Waals surface area contributed by atoms with Crippen LogP contribution in [0.15, 0.2) is 36.4 Å². The molecule has 0 saturated carbocycles. The van der Waals surface area contributed by atoms with E-state index in [0.29, 0.717) is 11.9 Å². The maximum Gasteiger partial charge on any atom is 0.256 e. The van der Waals surface area contributed by atoms with E-state index in [0.717, 1.165) is 64.6 Å². The van der Waals surface area contributed by atoms with Crippen LogP contribution in [0.4, 0.5) is 11.6 Å². The zero-order chi connectivity index (χ0) is 18.5. The molecule has 1 aromatic carbocycles. The largest absolute Gasteiger partial charge is 0.367 e. The molecule has 1 saturated heterocycles. The molecule has 1 aliphatic rings. The lowest BCUT2D eigenvalue weighted by Crippen LogP contribution is -2.39. The summed E-state index contributed by atoms with van der Waals surface area (Å²) in [7, 11) is 3.50. The van der Waals surface area contributed by atoms with Gasteiger partial charge >= 0.3 is 0 Å². The molecule has 3 rings (SSSR count). The van der Waals surface area contributed by atoms with E-state index in [1.807, 2.05) is 36.4 Å². The van der Waals surface area contributed by atoms with Crippen LogP contribution in [0, 0.1) is 0 Å². The molecule has 0 radical (unpaired) electrons. The molecule has 2 heterocycles. The number of rotatable bonds is 5. The van der Waals surface area contributed by atoms with E-state index in [9.17, 15) is 4.79 Å². The summed E-state index contributed by atoms with van der Waals surface area (Å²) in [4.78, 5) is 19.6. The Balaban J connectivity index is 1.63. The van der Waals surface area contributed by atoms with Gasteiger partial charge in [-0.1, -0.05) is 30.3 Å². The molecule has 5 nitrogen and oxygen atoms in total. The highest BCUT2D eigenvalue weighted by atomic mass is 31.0. The van der Waals surface area contributed by atoms with Gasteiger partial charge in [-0.05, 0) is 42.9 Å². The Hall–Kier alpha value is -1.75. The summed E-state index contributed by atoms with van der Waals surface area (Å²) in [6.45, 7) is 5.57. The van der Waals surface area contributed by atoms with Gasteiger partial charge in [-0.3, -0.25) is 4.79 Å². The molecule has 1 fully saturated rings. The molecule has 7 heteroatoms. The molecule has 2 N–H and O–H groups in total. The van der Waals surface area contributed by atoms with Crippen LogP contribution in [0.3, 0.4) is 0 Å². The fourth-order valence-corrected chi connectivity index (χ4v) is 4.72. The predicted molar refractivity (Wildman–Crippen MR) is 116 cm³/mol. The monoisotopic (exact) mass is 386 g/mol. The number of nitrogens with one attached hydrogen (secondary N) is 2. The van der Waals surface area contributed by atoms with Gasteiger partial charge in [0.25, 0.3) is 5.91 Å². The van der Waals surface area contributed by atoms with Crippen molar-refractivity contribution in [2.75, 3.05) is 30.3 Å². The quantitative estimate of drug-likeness (QED) is 0.587. The molecule has 1 aromatic heterocycles. The van der Waals surface area contributed by atoms with Crippen LogP contribution in [0.2, 0.25) is 0 Å². The molecule has 1 unspecified atom stereocenters. The van der Waals surface area contributed by atoms with Crippen LogP contribution in [0.25, 0.3) is 0 Å². The van der Waals surface area contributed by atoms with E-state index >= 15 is 0 Å². The molecule has 2 aromatic rings. The van der Waals surface area contributed by atoms with Crippen LogP contribution in [0.1, 0.15) is 30.1 Å². The normalized spacial score (nSPS) is 15.8. The Morgan fingerprint density at radius 1 is 1.27 bits per heavy atom. The van der Waals surface area contributed by atoms with Gasteiger partial charge in [0.15, 0.2) is 0 Å². The SMILES string of the molecule is CCN1CCC(Nc2cccc(NC(=O)c3ccc(P)cc3[SiH3])n2)CC1. The number of carbonyl (C=O) groups is 1. The fourth-order valence-electron chi connectivity index (χ4n) is 3.31. The van der Waals surface area contributed by atoms with Gasteiger partial charge in [-0.25, -0.2) is 4.98 Å². The van der Waals surface area contributed by atoms with Crippen molar-refractivity contribution in [2.45, 2.75) is 25.8 Å². The molecule has 1 amide bonds. The smallest absolute Gasteiger partial charge is 0.256 e. The van der Waals surface area contributed by atoms with Crippen molar-refractivity contribution >= 4 is 47.5 Å². The van der Waals surface area contributed by atoms with E-state index < -0.39 is 0 Å². The number of nitrogens with zero attached hydrogens (tertiary/aromatic N) is 2. The first kappa shape index (κ1) is 19.0. The van der Waals surface area contributed by atoms with Crippen molar-refractivity contribution in [1.82, 2.24) is 9.88 Å². The van der Waals surface area contributed by atoms with Gasteiger partial charge in [-0.2, -0.15) is 0 Å². The summed E-state index contributed by atoms with van der Waals surface area (Å²) in [5.41, 5.74) is 0.731. The molecular formula is C19H27N4OPSi. The molecular weight excluding hydrogens is 359 g/mol. The lowest BCUT2D eigenvalue weighted by Gasteiger charge is -2.31. The predicted octanol–water partition coefficient (Wildman–Crippen LogP) is 0.721. The van der Waals surface area contributed by atoms with Gasteiger partial charge in [0.2, 0.25) is 0 Å². The van der Waals surface area contributed by atoms with Crippen molar-refractivity contribution in [2.24, 2.45) is 0 Å². The summed E-state index contributed by atoms with van der Waals surface area (Å²) < 4.78 is 0. The van der Waals surface area contributed by atoms with E-state index in [1.165, 1.54) is 0 Å². The lowest BCUT2D eigenvalue weighted by molar-refractivity contribution is 0.102. The maximum absolute atomic E-state index is 12.6. The van der Waals surface area contributed by atoms with Gasteiger partial charge in [0.05, 0.1) is 0 Å². The van der Waals surface area contributed by atoms with Crippen LogP contribution in [-0.2, 0) is 0 Å². The Morgan fingerprint density at radius 2 is 2.00 bits per heavy atom. The fraction of sp³-hybridized carbons (Fsp3) is 0.368. The highest BCUT2D eigenvalue weighted by Crippen LogP contribution is 2.17. The second-order valence-corrected chi connectivity index (χ2v) is 8.53. The maximum atomic E-state index is 12.6. The van der Waals surface area contributed by atoms with Gasteiger partial charge in [0.1, 0.15) is 11.6 Å². The van der Waals surface area contributed by atoms with Crippen molar-refractivity contribution in [3.63, 3.8) is 0 Å². The number of hydrogen-bond donors (Lipinski definition) is 2. The Kier molecular flexibility index (Phi) is 6.41. The molecule has 138 valence electrons. The average molecular weight is 387 g/mol. The molecule has 26 heavy (non-hydrogen) atoms. The van der Waals surface area contributed by atoms with Crippen LogP contribution in [0.5, 0.6) is 0 Å². The zero-order valence-corrected chi connectivity index (χ0v) is 18.6. The van der Waals surface area contributed by atoms with Gasteiger partial charge in [0, 0.05) is 34.9 Å². The van der Waals surface area contributed by atoms with E-state index in [4.69, 9.17) is 0 Å². The summed E-state index contributed by atoms with van der Waals surface area (Å²) in [6, 6.07) is 12.0. The Morgan fingerprint density at radius 3 is 2.69 bits per heavy atom. The third-order valence-corrected chi connectivity index (χ3v) is 6.06. The number of anilines is 2. The van der Waals surface area contributed by atoms with E-state index in [2.05, 4.69) is 36.7 Å². The number of pyridine rings is 1. The van der Waals surface area contributed by atoms with Crippen LogP contribution >= 0.6 is 9.24 Å². The topological polar surface area (TPSA) is 57.3 Å². The van der Waals surface area contributed by atoms with E-state index in [-0.39, 0.29) is 5.91 Å². The van der Waals surface area contributed by atoms with Crippen molar-refractivity contribution in [3.05, 3.63) is 42.0 Å². The van der Waals surface area contributed by atoms with Crippen LogP contribution in [-0.4, -0.2) is 51.7 Å². The second kappa shape index (κ2) is 8.76.